The van der Waals surface area contributed by atoms with Crippen LogP contribution in [0.25, 0.3) is 0 Å². The third kappa shape index (κ3) is 6.29. The molecule has 0 aliphatic carbocycles. The van der Waals surface area contributed by atoms with Crippen LogP contribution in [0.2, 0.25) is 5.15 Å². The van der Waals surface area contributed by atoms with E-state index in [2.05, 4.69) is 27.4 Å². The van der Waals surface area contributed by atoms with Gasteiger partial charge in [0.2, 0.25) is 0 Å². The summed E-state index contributed by atoms with van der Waals surface area (Å²) >= 11 is 8.08. The topological polar surface area (TPSA) is 82.6 Å². The Labute approximate surface area is 204 Å². The molecule has 1 unspecified atom stereocenters. The number of ether oxygens (including phenoxy) is 1. The molecule has 10 heteroatoms. The first-order valence-electron chi connectivity index (χ1n) is 11.5. The van der Waals surface area contributed by atoms with Crippen molar-refractivity contribution in [3.8, 4) is 0 Å². The summed E-state index contributed by atoms with van der Waals surface area (Å²) in [5, 5.41) is 7.33. The van der Waals surface area contributed by atoms with Crippen molar-refractivity contribution in [1.82, 2.24) is 20.2 Å². The molecule has 8 nitrogen and oxygen atoms in total. The van der Waals surface area contributed by atoms with Crippen molar-refractivity contribution in [2.45, 2.75) is 37.6 Å². The molecule has 1 aromatic heterocycles. The monoisotopic (exact) mass is 490 g/mol. The molecule has 3 heterocycles. The van der Waals surface area contributed by atoms with Crippen molar-refractivity contribution < 1.29 is 9.53 Å². The van der Waals surface area contributed by atoms with Gasteiger partial charge in [0.1, 0.15) is 5.69 Å². The van der Waals surface area contributed by atoms with E-state index in [4.69, 9.17) is 21.3 Å². The van der Waals surface area contributed by atoms with Gasteiger partial charge in [-0.05, 0) is 24.9 Å². The summed E-state index contributed by atoms with van der Waals surface area (Å²) in [7, 11) is 0. The predicted molar refractivity (Wildman–Crippen MR) is 133 cm³/mol. The van der Waals surface area contributed by atoms with Crippen LogP contribution in [-0.2, 0) is 16.1 Å². The fourth-order valence-corrected chi connectivity index (χ4v) is 4.88. The molecule has 0 spiro atoms. The summed E-state index contributed by atoms with van der Waals surface area (Å²) < 4.78 is 5.39. The third-order valence-electron chi connectivity index (χ3n) is 5.62. The maximum atomic E-state index is 13.2. The molecular formula is C23H31ClN6O2S. The largest absolute Gasteiger partial charge is 0.379 e. The first-order chi connectivity index (χ1) is 16.2. The van der Waals surface area contributed by atoms with Crippen molar-refractivity contribution in [3.05, 3.63) is 41.0 Å². The second-order valence-electron chi connectivity index (χ2n) is 8.10. The number of nitrogens with zero attached hydrogens (tertiary/aromatic N) is 4. The normalized spacial score (nSPS) is 18.1. The van der Waals surface area contributed by atoms with Gasteiger partial charge in [0.05, 0.1) is 13.2 Å². The van der Waals surface area contributed by atoms with E-state index in [1.54, 1.807) is 11.8 Å². The first-order valence-corrected chi connectivity index (χ1v) is 12.9. The van der Waals surface area contributed by atoms with Gasteiger partial charge in [-0.2, -0.15) is 0 Å². The van der Waals surface area contributed by atoms with Crippen molar-refractivity contribution >= 4 is 40.8 Å². The second-order valence-corrected chi connectivity index (χ2v) is 9.52. The smallest absolute Gasteiger partial charge is 0.263 e. The van der Waals surface area contributed by atoms with E-state index in [0.29, 0.717) is 34.9 Å². The van der Waals surface area contributed by atoms with Gasteiger partial charge < -0.3 is 20.3 Å². The number of aromatic nitrogens is 2. The van der Waals surface area contributed by atoms with E-state index >= 15 is 0 Å². The zero-order valence-electron chi connectivity index (χ0n) is 18.9. The maximum Gasteiger partial charge on any atom is 0.263 e. The molecule has 0 radical (unpaired) electrons. The van der Waals surface area contributed by atoms with Crippen LogP contribution in [0, 0.1) is 0 Å². The average molecular weight is 491 g/mol. The summed E-state index contributed by atoms with van der Waals surface area (Å²) in [6.07, 6.45) is 1.31. The van der Waals surface area contributed by atoms with Crippen LogP contribution >= 0.6 is 23.4 Å². The molecule has 2 N–H and O–H groups in total. The number of carbonyl (C=O) groups excluding carboxylic acids is 1. The van der Waals surface area contributed by atoms with Gasteiger partial charge in [-0.15, -0.1) is 0 Å². The minimum atomic E-state index is -0.596. The molecule has 2 aliphatic rings. The number of morpholine rings is 1. The van der Waals surface area contributed by atoms with Crippen LogP contribution in [0.5, 0.6) is 0 Å². The standard InChI is InChI=1S/C23H31ClN6O2S/c1-2-15-33-23-27-19(24)18-20(28-23)30(16-17-7-4-3-5-8-17)21(26-18)22(31)25-9-6-10-29-11-13-32-14-12-29/h3-5,7-8,21,26H,2,6,9-16H2,1H3,(H,25,31). The van der Waals surface area contributed by atoms with E-state index < -0.39 is 6.17 Å². The number of hydrogen-bond donors (Lipinski definition) is 2. The fraction of sp³-hybridized carbons (Fsp3) is 0.522. The van der Waals surface area contributed by atoms with E-state index in [9.17, 15) is 4.79 Å². The third-order valence-corrected chi connectivity index (χ3v) is 6.95. The highest BCUT2D eigenvalue weighted by Gasteiger charge is 2.37. The number of fused-ring (bicyclic) bond motifs is 1. The minimum absolute atomic E-state index is 0.0928. The Kier molecular flexibility index (Phi) is 8.66. The lowest BCUT2D eigenvalue weighted by Crippen LogP contribution is -2.48. The summed E-state index contributed by atoms with van der Waals surface area (Å²) in [4.78, 5) is 26.7. The van der Waals surface area contributed by atoms with E-state index in [0.717, 1.165) is 57.0 Å². The zero-order valence-corrected chi connectivity index (χ0v) is 20.5. The quantitative estimate of drug-likeness (QED) is 0.227. The van der Waals surface area contributed by atoms with Crippen LogP contribution in [-0.4, -0.2) is 72.1 Å². The molecule has 0 saturated carbocycles. The lowest BCUT2D eigenvalue weighted by Gasteiger charge is -2.27. The Morgan fingerprint density at radius 3 is 2.82 bits per heavy atom. The Morgan fingerprint density at radius 1 is 1.27 bits per heavy atom. The number of hydrogen-bond acceptors (Lipinski definition) is 8. The number of rotatable bonds is 10. The molecule has 1 saturated heterocycles. The van der Waals surface area contributed by atoms with Gasteiger partial charge in [-0.3, -0.25) is 9.69 Å². The van der Waals surface area contributed by atoms with Crippen molar-refractivity contribution in [2.24, 2.45) is 0 Å². The summed E-state index contributed by atoms with van der Waals surface area (Å²) in [5.41, 5.74) is 1.71. The Morgan fingerprint density at radius 2 is 2.06 bits per heavy atom. The summed E-state index contributed by atoms with van der Waals surface area (Å²) in [6.45, 7) is 7.69. The molecule has 0 bridgehead atoms. The Bertz CT molecular complexity index is 929. The first kappa shape index (κ1) is 24.1. The van der Waals surface area contributed by atoms with Crippen molar-refractivity contribution in [1.29, 1.82) is 0 Å². The lowest BCUT2D eigenvalue weighted by atomic mass is 10.2. The zero-order chi connectivity index (χ0) is 23.0. The highest BCUT2D eigenvalue weighted by atomic mass is 35.5. The minimum Gasteiger partial charge on any atom is -0.379 e. The number of anilines is 2. The predicted octanol–water partition coefficient (Wildman–Crippen LogP) is 3.23. The van der Waals surface area contributed by atoms with Crippen LogP contribution in [0.3, 0.4) is 0 Å². The average Bonchev–Trinajstić information content (AvgIpc) is 3.20. The van der Waals surface area contributed by atoms with Gasteiger partial charge in [0, 0.05) is 31.9 Å². The maximum absolute atomic E-state index is 13.2. The van der Waals surface area contributed by atoms with Crippen LogP contribution in [0.1, 0.15) is 25.3 Å². The van der Waals surface area contributed by atoms with Gasteiger partial charge in [-0.1, -0.05) is 60.6 Å². The number of halogens is 1. The fourth-order valence-electron chi connectivity index (χ4n) is 3.92. The van der Waals surface area contributed by atoms with E-state index in [1.165, 1.54) is 0 Å². The van der Waals surface area contributed by atoms with Gasteiger partial charge in [0.15, 0.2) is 22.3 Å². The highest BCUT2D eigenvalue weighted by molar-refractivity contribution is 7.99. The molecule has 178 valence electrons. The number of amides is 1. The van der Waals surface area contributed by atoms with E-state index in [-0.39, 0.29) is 5.91 Å². The SMILES string of the molecule is CCCSc1nc(Cl)c2c(n1)N(Cc1ccccc1)C(C(=O)NCCCN1CCOCC1)N2. The molecule has 1 amide bonds. The van der Waals surface area contributed by atoms with Gasteiger partial charge >= 0.3 is 0 Å². The number of thioether (sulfide) groups is 1. The van der Waals surface area contributed by atoms with Gasteiger partial charge in [0.25, 0.3) is 5.91 Å². The number of benzene rings is 1. The Hall–Kier alpha value is -2.07. The molecule has 1 fully saturated rings. The molecule has 2 aliphatic heterocycles. The molecule has 1 atom stereocenters. The van der Waals surface area contributed by atoms with E-state index in [1.807, 2.05) is 35.2 Å². The summed E-state index contributed by atoms with van der Waals surface area (Å²) in [5.74, 6) is 1.49. The van der Waals surface area contributed by atoms with Crippen molar-refractivity contribution in [2.75, 3.05) is 55.4 Å². The Balaban J connectivity index is 1.45. The molecule has 2 aromatic rings. The van der Waals surface area contributed by atoms with Crippen LogP contribution < -0.4 is 15.5 Å². The number of nitrogens with one attached hydrogen (secondary N) is 2. The molecule has 4 rings (SSSR count). The number of carbonyl (C=O) groups is 1. The molecular weight excluding hydrogens is 460 g/mol. The van der Waals surface area contributed by atoms with Crippen LogP contribution in [0.4, 0.5) is 11.5 Å². The second kappa shape index (κ2) is 11.9. The van der Waals surface area contributed by atoms with Crippen molar-refractivity contribution in [3.63, 3.8) is 0 Å². The molecule has 33 heavy (non-hydrogen) atoms. The lowest BCUT2D eigenvalue weighted by molar-refractivity contribution is -0.121. The van der Waals surface area contributed by atoms with Crippen LogP contribution in [0.15, 0.2) is 35.5 Å². The van der Waals surface area contributed by atoms with Gasteiger partial charge in [-0.25, -0.2) is 9.97 Å². The highest BCUT2D eigenvalue weighted by Crippen LogP contribution is 2.39. The molecule has 1 aromatic carbocycles. The summed E-state index contributed by atoms with van der Waals surface area (Å²) in [6, 6.07) is 10.1.